The molecule has 2 aromatic carbocycles. The summed E-state index contributed by atoms with van der Waals surface area (Å²) in [6.07, 6.45) is 1.38. The molecular formula is C23H25NO2S. The predicted octanol–water partition coefficient (Wildman–Crippen LogP) is 5.60. The molecule has 0 spiro atoms. The molecule has 140 valence electrons. The van der Waals surface area contributed by atoms with Crippen LogP contribution in [0.5, 0.6) is 0 Å². The van der Waals surface area contributed by atoms with Gasteiger partial charge >= 0.3 is 5.97 Å². The number of nitriles is 1. The highest BCUT2D eigenvalue weighted by Gasteiger charge is 2.13. The molecule has 2 rings (SSSR count). The molecule has 0 fully saturated rings. The molecule has 0 radical (unpaired) electrons. The fraction of sp³-hybridized carbons (Fsp3) is 0.304. The van der Waals surface area contributed by atoms with E-state index in [-0.39, 0.29) is 11.7 Å². The number of hydrogen-bond donors (Lipinski definition) is 0. The Balaban J connectivity index is 2.18. The third-order valence-electron chi connectivity index (χ3n) is 4.08. The number of thioether (sulfide) groups is 1. The van der Waals surface area contributed by atoms with Crippen molar-refractivity contribution in [2.75, 3.05) is 0 Å². The van der Waals surface area contributed by atoms with E-state index in [0.717, 1.165) is 22.6 Å². The molecule has 0 aliphatic carbocycles. The van der Waals surface area contributed by atoms with Crippen molar-refractivity contribution in [1.82, 2.24) is 0 Å². The fourth-order valence-corrected chi connectivity index (χ4v) is 3.71. The molecule has 0 bridgehead atoms. The minimum absolute atomic E-state index is 0.0264. The zero-order valence-electron chi connectivity index (χ0n) is 16.3. The summed E-state index contributed by atoms with van der Waals surface area (Å²) in [6, 6.07) is 16.5. The van der Waals surface area contributed by atoms with Crippen LogP contribution in [0.15, 0.2) is 48.0 Å². The lowest BCUT2D eigenvalue weighted by molar-refractivity contribution is -0.142. The van der Waals surface area contributed by atoms with Gasteiger partial charge in [0.05, 0.1) is 6.10 Å². The molecule has 3 nitrogen and oxygen atoms in total. The lowest BCUT2D eigenvalue weighted by atomic mass is 9.99. The standard InChI is InChI=1S/C23H25NO2S/c1-16(2)26-23(25)21(13-24)11-20-12-22(18(4)10-17(20)3)15-27-14-19-8-6-5-7-9-19/h5-12,16H,14-15H2,1-4H3. The van der Waals surface area contributed by atoms with Crippen molar-refractivity contribution >= 4 is 23.8 Å². The maximum Gasteiger partial charge on any atom is 0.349 e. The van der Waals surface area contributed by atoms with Gasteiger partial charge in [0.25, 0.3) is 0 Å². The number of hydrogen-bond acceptors (Lipinski definition) is 4. The van der Waals surface area contributed by atoms with Crippen LogP contribution in [0.4, 0.5) is 0 Å². The van der Waals surface area contributed by atoms with Crippen LogP contribution in [0.25, 0.3) is 6.08 Å². The Morgan fingerprint density at radius 2 is 1.85 bits per heavy atom. The van der Waals surface area contributed by atoms with Crippen molar-refractivity contribution in [3.8, 4) is 6.07 Å². The number of rotatable bonds is 7. The first-order chi connectivity index (χ1) is 12.9. The molecule has 4 heteroatoms. The van der Waals surface area contributed by atoms with Gasteiger partial charge in [0.1, 0.15) is 11.6 Å². The molecule has 0 heterocycles. The summed E-state index contributed by atoms with van der Waals surface area (Å²) in [5, 5.41) is 9.33. The van der Waals surface area contributed by atoms with Crippen LogP contribution in [0.2, 0.25) is 0 Å². The first-order valence-electron chi connectivity index (χ1n) is 8.95. The highest BCUT2D eigenvalue weighted by Crippen LogP contribution is 2.24. The van der Waals surface area contributed by atoms with Gasteiger partial charge in [-0.15, -0.1) is 0 Å². The Morgan fingerprint density at radius 3 is 2.48 bits per heavy atom. The number of nitrogens with zero attached hydrogens (tertiary/aromatic N) is 1. The van der Waals surface area contributed by atoms with E-state index in [1.807, 2.05) is 30.8 Å². The van der Waals surface area contributed by atoms with Crippen LogP contribution in [0.3, 0.4) is 0 Å². The zero-order valence-corrected chi connectivity index (χ0v) is 17.1. The van der Waals surface area contributed by atoms with E-state index in [2.05, 4.69) is 43.3 Å². The quantitative estimate of drug-likeness (QED) is 0.357. The Labute approximate surface area is 166 Å². The van der Waals surface area contributed by atoms with E-state index in [0.29, 0.717) is 0 Å². The zero-order chi connectivity index (χ0) is 19.8. The SMILES string of the molecule is Cc1cc(C)c(CSCc2ccccc2)cc1C=C(C#N)C(=O)OC(C)C. The summed E-state index contributed by atoms with van der Waals surface area (Å²) >= 11 is 1.85. The van der Waals surface area contributed by atoms with E-state index < -0.39 is 5.97 Å². The van der Waals surface area contributed by atoms with Crippen molar-refractivity contribution in [1.29, 1.82) is 5.26 Å². The molecule has 0 aromatic heterocycles. The number of carbonyl (C=O) groups excluding carboxylic acids is 1. The van der Waals surface area contributed by atoms with Gasteiger partial charge in [0.2, 0.25) is 0 Å². The molecule has 0 aliphatic heterocycles. The molecule has 27 heavy (non-hydrogen) atoms. The predicted molar refractivity (Wildman–Crippen MR) is 112 cm³/mol. The average Bonchev–Trinajstić information content (AvgIpc) is 2.62. The van der Waals surface area contributed by atoms with Gasteiger partial charge < -0.3 is 4.74 Å². The Morgan fingerprint density at radius 1 is 1.15 bits per heavy atom. The van der Waals surface area contributed by atoms with Crippen molar-refractivity contribution in [3.63, 3.8) is 0 Å². The number of aryl methyl sites for hydroxylation is 2. The van der Waals surface area contributed by atoms with E-state index in [1.165, 1.54) is 16.7 Å². The van der Waals surface area contributed by atoms with Crippen LogP contribution in [-0.2, 0) is 21.0 Å². The summed E-state index contributed by atoms with van der Waals surface area (Å²) in [6.45, 7) is 7.62. The highest BCUT2D eigenvalue weighted by atomic mass is 32.2. The van der Waals surface area contributed by atoms with E-state index >= 15 is 0 Å². The van der Waals surface area contributed by atoms with Gasteiger partial charge in [-0.3, -0.25) is 0 Å². The summed E-state index contributed by atoms with van der Waals surface area (Å²) < 4.78 is 5.15. The van der Waals surface area contributed by atoms with Crippen LogP contribution >= 0.6 is 11.8 Å². The van der Waals surface area contributed by atoms with Gasteiger partial charge in [-0.05, 0) is 61.6 Å². The Kier molecular flexibility index (Phi) is 7.69. The first-order valence-corrected chi connectivity index (χ1v) is 10.1. The maximum atomic E-state index is 12.1. The van der Waals surface area contributed by atoms with Crippen molar-refractivity contribution in [2.45, 2.75) is 45.3 Å². The van der Waals surface area contributed by atoms with Crippen LogP contribution < -0.4 is 0 Å². The van der Waals surface area contributed by atoms with Gasteiger partial charge in [0.15, 0.2) is 0 Å². The van der Waals surface area contributed by atoms with Crippen LogP contribution in [0, 0.1) is 25.2 Å². The molecule has 0 atom stereocenters. The monoisotopic (exact) mass is 379 g/mol. The molecule has 0 aliphatic rings. The van der Waals surface area contributed by atoms with Crippen LogP contribution in [-0.4, -0.2) is 12.1 Å². The Bertz CT molecular complexity index is 864. The second kappa shape index (κ2) is 9.99. The van der Waals surface area contributed by atoms with Crippen LogP contribution in [0.1, 0.15) is 41.7 Å². The second-order valence-corrected chi connectivity index (χ2v) is 7.72. The van der Waals surface area contributed by atoms with Gasteiger partial charge in [-0.2, -0.15) is 17.0 Å². The number of ether oxygens (including phenoxy) is 1. The molecule has 0 unspecified atom stereocenters. The van der Waals surface area contributed by atoms with E-state index in [4.69, 9.17) is 4.74 Å². The molecular weight excluding hydrogens is 354 g/mol. The minimum Gasteiger partial charge on any atom is -0.459 e. The smallest absolute Gasteiger partial charge is 0.349 e. The normalized spacial score (nSPS) is 11.3. The molecule has 0 N–H and O–H groups in total. The Hall–Kier alpha value is -2.51. The number of esters is 1. The van der Waals surface area contributed by atoms with Gasteiger partial charge in [0, 0.05) is 11.5 Å². The summed E-state index contributed by atoms with van der Waals surface area (Å²) in [5.41, 5.74) is 5.67. The van der Waals surface area contributed by atoms with Crippen molar-refractivity contribution < 1.29 is 9.53 Å². The average molecular weight is 380 g/mol. The van der Waals surface area contributed by atoms with Crippen molar-refractivity contribution in [3.05, 3.63) is 75.9 Å². The second-order valence-electron chi connectivity index (χ2n) is 6.74. The summed E-state index contributed by atoms with van der Waals surface area (Å²) in [7, 11) is 0. The lowest BCUT2D eigenvalue weighted by Crippen LogP contribution is -2.12. The minimum atomic E-state index is -0.576. The third-order valence-corrected chi connectivity index (χ3v) is 5.13. The molecule has 0 saturated carbocycles. The third kappa shape index (κ3) is 6.30. The maximum absolute atomic E-state index is 12.1. The largest absolute Gasteiger partial charge is 0.459 e. The van der Waals surface area contributed by atoms with E-state index in [9.17, 15) is 10.1 Å². The number of carbonyl (C=O) groups is 1. The molecule has 0 amide bonds. The lowest BCUT2D eigenvalue weighted by Gasteiger charge is -2.11. The first kappa shape index (κ1) is 20.8. The molecule has 0 saturated heterocycles. The molecule has 2 aromatic rings. The highest BCUT2D eigenvalue weighted by molar-refractivity contribution is 7.97. The van der Waals surface area contributed by atoms with Gasteiger partial charge in [-0.1, -0.05) is 42.5 Å². The fourth-order valence-electron chi connectivity index (χ4n) is 2.65. The summed E-state index contributed by atoms with van der Waals surface area (Å²) in [5.74, 6) is 1.25. The topological polar surface area (TPSA) is 50.1 Å². The summed E-state index contributed by atoms with van der Waals surface area (Å²) in [4.78, 5) is 12.1. The van der Waals surface area contributed by atoms with Crippen molar-refractivity contribution in [2.24, 2.45) is 0 Å². The van der Waals surface area contributed by atoms with E-state index in [1.54, 1.807) is 19.9 Å². The number of benzene rings is 2. The van der Waals surface area contributed by atoms with Gasteiger partial charge in [-0.25, -0.2) is 4.79 Å².